The van der Waals surface area contributed by atoms with Crippen molar-refractivity contribution in [2.45, 2.75) is 19.4 Å². The van der Waals surface area contributed by atoms with Crippen molar-refractivity contribution in [1.82, 2.24) is 5.32 Å². The highest BCUT2D eigenvalue weighted by atomic mass is 32.1. The SMILES string of the molecule is CCC(NC)c1sccc1Oc1cccc2ccccc12. The van der Waals surface area contributed by atoms with Crippen LogP contribution in [-0.4, -0.2) is 7.05 Å². The van der Waals surface area contributed by atoms with Crippen molar-refractivity contribution in [3.63, 3.8) is 0 Å². The maximum Gasteiger partial charge on any atom is 0.142 e. The Kier molecular flexibility index (Phi) is 4.23. The molecule has 0 spiro atoms. The minimum Gasteiger partial charge on any atom is -0.455 e. The van der Waals surface area contributed by atoms with Gasteiger partial charge in [0, 0.05) is 11.4 Å². The average molecular weight is 297 g/mol. The van der Waals surface area contributed by atoms with Crippen molar-refractivity contribution in [2.24, 2.45) is 0 Å². The Morgan fingerprint density at radius 2 is 1.86 bits per heavy atom. The summed E-state index contributed by atoms with van der Waals surface area (Å²) in [6, 6.07) is 16.9. The van der Waals surface area contributed by atoms with Crippen LogP contribution in [0, 0.1) is 0 Å². The fourth-order valence-corrected chi connectivity index (χ4v) is 3.58. The van der Waals surface area contributed by atoms with Crippen LogP contribution in [0.3, 0.4) is 0 Å². The number of hydrogen-bond donors (Lipinski definition) is 1. The quantitative estimate of drug-likeness (QED) is 0.684. The molecule has 2 aromatic carbocycles. The maximum absolute atomic E-state index is 6.22. The second kappa shape index (κ2) is 6.29. The first-order valence-electron chi connectivity index (χ1n) is 7.23. The maximum atomic E-state index is 6.22. The number of fused-ring (bicyclic) bond motifs is 1. The molecule has 1 N–H and O–H groups in total. The molecular weight excluding hydrogens is 278 g/mol. The fourth-order valence-electron chi connectivity index (χ4n) is 2.57. The van der Waals surface area contributed by atoms with Crippen molar-refractivity contribution in [3.05, 3.63) is 58.8 Å². The Balaban J connectivity index is 1.98. The molecule has 0 radical (unpaired) electrons. The van der Waals surface area contributed by atoms with E-state index in [9.17, 15) is 0 Å². The second-order valence-electron chi connectivity index (χ2n) is 4.98. The lowest BCUT2D eigenvalue weighted by atomic mass is 10.1. The molecule has 0 fully saturated rings. The minimum atomic E-state index is 0.343. The molecule has 108 valence electrons. The zero-order valence-corrected chi connectivity index (χ0v) is 13.1. The van der Waals surface area contributed by atoms with Gasteiger partial charge in [0.05, 0.1) is 4.88 Å². The van der Waals surface area contributed by atoms with Crippen molar-refractivity contribution < 1.29 is 4.74 Å². The molecule has 0 aliphatic heterocycles. The van der Waals surface area contributed by atoms with Crippen LogP contribution in [-0.2, 0) is 0 Å². The van der Waals surface area contributed by atoms with Gasteiger partial charge in [0.1, 0.15) is 11.5 Å². The summed E-state index contributed by atoms with van der Waals surface area (Å²) in [6.07, 6.45) is 1.04. The summed E-state index contributed by atoms with van der Waals surface area (Å²) < 4.78 is 6.22. The number of rotatable bonds is 5. The number of thiophene rings is 1. The van der Waals surface area contributed by atoms with Crippen LogP contribution >= 0.6 is 11.3 Å². The number of benzene rings is 2. The molecule has 1 heterocycles. The van der Waals surface area contributed by atoms with Crippen LogP contribution in [0.2, 0.25) is 0 Å². The van der Waals surface area contributed by atoms with E-state index in [-0.39, 0.29) is 0 Å². The molecule has 3 rings (SSSR count). The summed E-state index contributed by atoms with van der Waals surface area (Å²) >= 11 is 1.74. The topological polar surface area (TPSA) is 21.3 Å². The Labute approximate surface area is 129 Å². The molecule has 3 aromatic rings. The third-order valence-corrected chi connectivity index (χ3v) is 4.71. The predicted molar refractivity (Wildman–Crippen MR) is 90.4 cm³/mol. The van der Waals surface area contributed by atoms with Crippen molar-refractivity contribution in [2.75, 3.05) is 7.05 Å². The Morgan fingerprint density at radius 3 is 2.67 bits per heavy atom. The zero-order valence-electron chi connectivity index (χ0n) is 12.3. The largest absolute Gasteiger partial charge is 0.455 e. The molecular formula is C18H19NOS. The monoisotopic (exact) mass is 297 g/mol. The summed E-state index contributed by atoms with van der Waals surface area (Å²) in [6.45, 7) is 2.18. The zero-order chi connectivity index (χ0) is 14.7. The van der Waals surface area contributed by atoms with E-state index in [1.165, 1.54) is 10.3 Å². The van der Waals surface area contributed by atoms with Crippen LogP contribution in [0.5, 0.6) is 11.5 Å². The van der Waals surface area contributed by atoms with E-state index in [1.54, 1.807) is 11.3 Å². The first-order chi connectivity index (χ1) is 10.3. The standard InChI is InChI=1S/C18H19NOS/c1-3-15(19-2)18-17(11-12-21-18)20-16-10-6-8-13-7-4-5-9-14(13)16/h4-12,15,19H,3H2,1-2H3. The van der Waals surface area contributed by atoms with Gasteiger partial charge in [0.15, 0.2) is 0 Å². The first-order valence-corrected chi connectivity index (χ1v) is 8.11. The summed E-state index contributed by atoms with van der Waals surface area (Å²) in [7, 11) is 2.00. The summed E-state index contributed by atoms with van der Waals surface area (Å²) in [4.78, 5) is 1.26. The normalized spacial score (nSPS) is 12.5. The summed E-state index contributed by atoms with van der Waals surface area (Å²) in [5, 5.41) is 7.79. The molecule has 1 aromatic heterocycles. The Morgan fingerprint density at radius 1 is 1.05 bits per heavy atom. The highest BCUT2D eigenvalue weighted by Crippen LogP contribution is 2.37. The molecule has 0 amide bonds. The number of ether oxygens (including phenoxy) is 1. The van der Waals surface area contributed by atoms with Gasteiger partial charge < -0.3 is 10.1 Å². The lowest BCUT2D eigenvalue weighted by molar-refractivity contribution is 0.469. The highest BCUT2D eigenvalue weighted by molar-refractivity contribution is 7.10. The van der Waals surface area contributed by atoms with Crippen molar-refractivity contribution in [3.8, 4) is 11.5 Å². The number of hydrogen-bond acceptors (Lipinski definition) is 3. The smallest absolute Gasteiger partial charge is 0.142 e. The lowest BCUT2D eigenvalue weighted by Crippen LogP contribution is -2.14. The number of nitrogens with one attached hydrogen (secondary N) is 1. The van der Waals surface area contributed by atoms with Crippen LogP contribution in [0.4, 0.5) is 0 Å². The highest BCUT2D eigenvalue weighted by Gasteiger charge is 2.15. The molecule has 1 unspecified atom stereocenters. The predicted octanol–water partition coefficient (Wildman–Crippen LogP) is 5.36. The minimum absolute atomic E-state index is 0.343. The van der Waals surface area contributed by atoms with Crippen LogP contribution in [0.25, 0.3) is 10.8 Å². The molecule has 0 saturated heterocycles. The van der Waals surface area contributed by atoms with E-state index in [1.807, 2.05) is 25.2 Å². The van der Waals surface area contributed by atoms with Crippen molar-refractivity contribution in [1.29, 1.82) is 0 Å². The molecule has 0 saturated carbocycles. The summed E-state index contributed by atoms with van der Waals surface area (Å²) in [5.41, 5.74) is 0. The van der Waals surface area contributed by atoms with Gasteiger partial charge in [-0.3, -0.25) is 0 Å². The van der Waals surface area contributed by atoms with E-state index in [2.05, 4.69) is 48.0 Å². The van der Waals surface area contributed by atoms with Crippen LogP contribution in [0.1, 0.15) is 24.3 Å². The van der Waals surface area contributed by atoms with Gasteiger partial charge in [-0.25, -0.2) is 0 Å². The average Bonchev–Trinajstić information content (AvgIpc) is 2.97. The Hall–Kier alpha value is -1.84. The summed E-state index contributed by atoms with van der Waals surface area (Å²) in [5.74, 6) is 1.87. The second-order valence-corrected chi connectivity index (χ2v) is 5.93. The third-order valence-electron chi connectivity index (χ3n) is 3.70. The Bertz CT molecular complexity index is 725. The van der Waals surface area contributed by atoms with E-state index in [4.69, 9.17) is 4.74 Å². The van der Waals surface area contributed by atoms with E-state index in [0.717, 1.165) is 23.3 Å². The molecule has 0 aliphatic carbocycles. The van der Waals surface area contributed by atoms with Crippen LogP contribution < -0.4 is 10.1 Å². The molecule has 2 nitrogen and oxygen atoms in total. The molecule has 1 atom stereocenters. The van der Waals surface area contributed by atoms with Crippen molar-refractivity contribution >= 4 is 22.1 Å². The van der Waals surface area contributed by atoms with Gasteiger partial charge in [0.25, 0.3) is 0 Å². The van der Waals surface area contributed by atoms with Gasteiger partial charge in [-0.15, -0.1) is 11.3 Å². The molecule has 3 heteroatoms. The molecule has 0 aliphatic rings. The molecule has 21 heavy (non-hydrogen) atoms. The van der Waals surface area contributed by atoms with Gasteiger partial charge >= 0.3 is 0 Å². The lowest BCUT2D eigenvalue weighted by Gasteiger charge is -2.15. The van der Waals surface area contributed by atoms with Gasteiger partial charge in [-0.2, -0.15) is 0 Å². The van der Waals surface area contributed by atoms with E-state index >= 15 is 0 Å². The first kappa shape index (κ1) is 14.1. The third kappa shape index (κ3) is 2.80. The fraction of sp³-hybridized carbons (Fsp3) is 0.222. The van der Waals surface area contributed by atoms with Gasteiger partial charge in [0.2, 0.25) is 0 Å². The molecule has 0 bridgehead atoms. The van der Waals surface area contributed by atoms with E-state index in [0.29, 0.717) is 6.04 Å². The van der Waals surface area contributed by atoms with Gasteiger partial charge in [-0.05, 0) is 36.4 Å². The van der Waals surface area contributed by atoms with Gasteiger partial charge in [-0.1, -0.05) is 43.3 Å². The van der Waals surface area contributed by atoms with E-state index < -0.39 is 0 Å². The van der Waals surface area contributed by atoms with Crippen LogP contribution in [0.15, 0.2) is 53.9 Å².